The summed E-state index contributed by atoms with van der Waals surface area (Å²) < 4.78 is 6.19. The average molecular weight is 259 g/mol. The highest BCUT2D eigenvalue weighted by Gasteiger charge is 2.24. The second kappa shape index (κ2) is 4.32. The van der Waals surface area contributed by atoms with Gasteiger partial charge in [-0.3, -0.25) is 0 Å². The highest BCUT2D eigenvalue weighted by atomic mass is 32.1. The summed E-state index contributed by atoms with van der Waals surface area (Å²) in [5.74, 6) is 1.00. The number of fused-ring (bicyclic) bond motifs is 1. The Hall–Kier alpha value is -1.48. The fourth-order valence-corrected chi connectivity index (χ4v) is 3.45. The second-order valence-corrected chi connectivity index (χ2v) is 5.86. The van der Waals surface area contributed by atoms with E-state index in [2.05, 4.69) is 49.7 Å². The Balaban J connectivity index is 1.96. The third-order valence-electron chi connectivity index (χ3n) is 3.35. The molecular weight excluding hydrogens is 242 g/mol. The Bertz CT molecular complexity index is 588. The molecule has 3 rings (SSSR count). The van der Waals surface area contributed by atoms with E-state index in [1.54, 1.807) is 11.3 Å². The lowest BCUT2D eigenvalue weighted by atomic mass is 10.1. The molecule has 0 fully saturated rings. The third kappa shape index (κ3) is 1.89. The van der Waals surface area contributed by atoms with Crippen LogP contribution in [0.15, 0.2) is 23.6 Å². The van der Waals surface area contributed by atoms with Crippen molar-refractivity contribution in [3.63, 3.8) is 0 Å². The van der Waals surface area contributed by atoms with E-state index in [1.165, 1.54) is 21.6 Å². The molecule has 0 spiro atoms. The van der Waals surface area contributed by atoms with Gasteiger partial charge in [0.25, 0.3) is 0 Å². The highest BCUT2D eigenvalue weighted by Crippen LogP contribution is 2.39. The molecule has 1 aromatic heterocycles. The van der Waals surface area contributed by atoms with Gasteiger partial charge in [-0.15, -0.1) is 11.3 Å². The molecule has 94 valence electrons. The molecule has 2 aromatic rings. The van der Waals surface area contributed by atoms with Crippen molar-refractivity contribution in [2.45, 2.75) is 26.9 Å². The van der Waals surface area contributed by atoms with Crippen LogP contribution in [0.3, 0.4) is 0 Å². The Morgan fingerprint density at radius 1 is 1.22 bits per heavy atom. The van der Waals surface area contributed by atoms with Crippen molar-refractivity contribution in [1.82, 2.24) is 0 Å². The minimum atomic E-state index is 0.138. The molecule has 1 aromatic carbocycles. The number of aryl methyl sites for hydroxylation is 3. The maximum absolute atomic E-state index is 6.19. The monoisotopic (exact) mass is 259 g/mol. The fraction of sp³-hybridized carbons (Fsp3) is 0.333. The van der Waals surface area contributed by atoms with Crippen LogP contribution in [0.25, 0.3) is 0 Å². The largest absolute Gasteiger partial charge is 0.481 e. The number of benzene rings is 1. The summed E-state index contributed by atoms with van der Waals surface area (Å²) in [6, 6.07) is 6.48. The third-order valence-corrected chi connectivity index (χ3v) is 4.46. The summed E-state index contributed by atoms with van der Waals surface area (Å²) in [7, 11) is 0. The molecule has 0 bridgehead atoms. The molecule has 18 heavy (non-hydrogen) atoms. The van der Waals surface area contributed by atoms with Gasteiger partial charge < -0.3 is 10.1 Å². The fourth-order valence-electron chi connectivity index (χ4n) is 2.49. The number of nitrogens with one attached hydrogen (secondary N) is 1. The van der Waals surface area contributed by atoms with E-state index >= 15 is 0 Å². The van der Waals surface area contributed by atoms with Crippen LogP contribution < -0.4 is 10.1 Å². The Labute approximate surface area is 112 Å². The Morgan fingerprint density at radius 3 is 2.78 bits per heavy atom. The standard InChI is InChI=1S/C15H17NOS/c1-9-6-11(3)14-12(7-9)16-8-13(17-14)15-10(2)4-5-18-15/h4-7,13,16H,8H2,1-3H3. The molecule has 1 unspecified atom stereocenters. The van der Waals surface area contributed by atoms with Crippen LogP contribution in [0.4, 0.5) is 5.69 Å². The lowest BCUT2D eigenvalue weighted by Gasteiger charge is -2.29. The number of anilines is 1. The second-order valence-electron chi connectivity index (χ2n) is 4.91. The van der Waals surface area contributed by atoms with Crippen LogP contribution in [0.1, 0.15) is 27.7 Å². The minimum Gasteiger partial charge on any atom is -0.481 e. The van der Waals surface area contributed by atoms with E-state index in [0.717, 1.165) is 18.0 Å². The average Bonchev–Trinajstić information content (AvgIpc) is 2.75. The molecular formula is C15H17NOS. The van der Waals surface area contributed by atoms with Crippen molar-refractivity contribution < 1.29 is 4.74 Å². The molecule has 1 N–H and O–H groups in total. The van der Waals surface area contributed by atoms with E-state index in [9.17, 15) is 0 Å². The van der Waals surface area contributed by atoms with Crippen LogP contribution in [0, 0.1) is 20.8 Å². The first-order valence-corrected chi connectivity index (χ1v) is 7.09. The van der Waals surface area contributed by atoms with Crippen molar-refractivity contribution in [2.75, 3.05) is 11.9 Å². The van der Waals surface area contributed by atoms with Crippen molar-refractivity contribution >= 4 is 17.0 Å². The number of rotatable bonds is 1. The lowest BCUT2D eigenvalue weighted by Crippen LogP contribution is -2.24. The maximum Gasteiger partial charge on any atom is 0.150 e. The van der Waals surface area contributed by atoms with Crippen LogP contribution in [-0.4, -0.2) is 6.54 Å². The summed E-state index contributed by atoms with van der Waals surface area (Å²) in [6.45, 7) is 7.21. The Kier molecular flexibility index (Phi) is 2.78. The van der Waals surface area contributed by atoms with Gasteiger partial charge >= 0.3 is 0 Å². The predicted molar refractivity (Wildman–Crippen MR) is 76.8 cm³/mol. The zero-order valence-corrected chi connectivity index (χ0v) is 11.7. The zero-order chi connectivity index (χ0) is 12.7. The SMILES string of the molecule is Cc1cc(C)c2c(c1)NCC(c1sccc1C)O2. The molecule has 0 amide bonds. The lowest BCUT2D eigenvalue weighted by molar-refractivity contribution is 0.212. The van der Waals surface area contributed by atoms with Crippen LogP contribution >= 0.6 is 11.3 Å². The summed E-state index contributed by atoms with van der Waals surface area (Å²) in [5.41, 5.74) is 4.92. The molecule has 3 heteroatoms. The van der Waals surface area contributed by atoms with Crippen LogP contribution in [0.2, 0.25) is 0 Å². The van der Waals surface area contributed by atoms with E-state index in [0.29, 0.717) is 0 Å². The van der Waals surface area contributed by atoms with Gasteiger partial charge in [0, 0.05) is 4.88 Å². The predicted octanol–water partition coefficient (Wildman–Crippen LogP) is 4.22. The Morgan fingerprint density at radius 2 is 2.06 bits per heavy atom. The summed E-state index contributed by atoms with van der Waals surface area (Å²) in [5, 5.41) is 5.62. The first kappa shape index (κ1) is 11.6. The normalized spacial score (nSPS) is 17.8. The number of ether oxygens (including phenoxy) is 1. The summed E-state index contributed by atoms with van der Waals surface area (Å²) >= 11 is 1.77. The van der Waals surface area contributed by atoms with Gasteiger partial charge in [-0.25, -0.2) is 0 Å². The van der Waals surface area contributed by atoms with Gasteiger partial charge in [-0.1, -0.05) is 6.07 Å². The molecule has 1 atom stereocenters. The number of thiophene rings is 1. The smallest absolute Gasteiger partial charge is 0.150 e. The van der Waals surface area contributed by atoms with Gasteiger partial charge in [0.1, 0.15) is 5.75 Å². The topological polar surface area (TPSA) is 21.3 Å². The van der Waals surface area contributed by atoms with E-state index in [-0.39, 0.29) is 6.10 Å². The molecule has 0 aliphatic carbocycles. The van der Waals surface area contributed by atoms with Gasteiger partial charge in [0.05, 0.1) is 12.2 Å². The molecule has 2 heterocycles. The maximum atomic E-state index is 6.19. The van der Waals surface area contributed by atoms with Crippen molar-refractivity contribution in [1.29, 1.82) is 0 Å². The van der Waals surface area contributed by atoms with E-state index < -0.39 is 0 Å². The quantitative estimate of drug-likeness (QED) is 0.828. The van der Waals surface area contributed by atoms with Crippen molar-refractivity contribution in [3.8, 4) is 5.75 Å². The molecule has 1 aliphatic heterocycles. The van der Waals surface area contributed by atoms with Gasteiger partial charge in [-0.05, 0) is 55.0 Å². The van der Waals surface area contributed by atoms with Gasteiger partial charge in [0.2, 0.25) is 0 Å². The molecule has 0 radical (unpaired) electrons. The molecule has 1 aliphatic rings. The number of hydrogen-bond acceptors (Lipinski definition) is 3. The summed E-state index contributed by atoms with van der Waals surface area (Å²) in [6.07, 6.45) is 0.138. The highest BCUT2D eigenvalue weighted by molar-refractivity contribution is 7.10. The first-order valence-electron chi connectivity index (χ1n) is 6.21. The molecule has 0 saturated heterocycles. The van der Waals surface area contributed by atoms with Crippen LogP contribution in [-0.2, 0) is 0 Å². The van der Waals surface area contributed by atoms with E-state index in [1.807, 2.05) is 0 Å². The van der Waals surface area contributed by atoms with Gasteiger partial charge in [0.15, 0.2) is 6.10 Å². The van der Waals surface area contributed by atoms with Crippen molar-refractivity contribution in [2.24, 2.45) is 0 Å². The van der Waals surface area contributed by atoms with Crippen molar-refractivity contribution in [3.05, 3.63) is 45.1 Å². The van der Waals surface area contributed by atoms with Crippen LogP contribution in [0.5, 0.6) is 5.75 Å². The first-order chi connectivity index (χ1) is 8.65. The molecule has 0 saturated carbocycles. The molecule has 2 nitrogen and oxygen atoms in total. The van der Waals surface area contributed by atoms with E-state index in [4.69, 9.17) is 4.74 Å². The number of hydrogen-bond donors (Lipinski definition) is 1. The minimum absolute atomic E-state index is 0.138. The summed E-state index contributed by atoms with van der Waals surface area (Å²) in [4.78, 5) is 1.33. The zero-order valence-electron chi connectivity index (χ0n) is 10.9. The van der Waals surface area contributed by atoms with Gasteiger partial charge in [-0.2, -0.15) is 0 Å².